The quantitative estimate of drug-likeness (QED) is 0.740. The molecule has 0 aromatic carbocycles. The van der Waals surface area contributed by atoms with Crippen LogP contribution in [-0.2, 0) is 6.54 Å². The van der Waals surface area contributed by atoms with Gasteiger partial charge in [-0.15, -0.1) is 0 Å². The van der Waals surface area contributed by atoms with Gasteiger partial charge in [-0.3, -0.25) is 14.9 Å². The van der Waals surface area contributed by atoms with E-state index in [1.54, 1.807) is 6.20 Å². The molecular formula is C17H16N4O. The first-order valence-corrected chi connectivity index (χ1v) is 7.38. The molecule has 0 atom stereocenters. The van der Waals surface area contributed by atoms with Gasteiger partial charge in [-0.05, 0) is 29.8 Å². The molecule has 0 spiro atoms. The van der Waals surface area contributed by atoms with E-state index in [0.717, 1.165) is 36.8 Å². The summed E-state index contributed by atoms with van der Waals surface area (Å²) >= 11 is 0. The first-order chi connectivity index (χ1) is 10.9. The molecule has 3 aromatic rings. The molecule has 3 aromatic heterocycles. The number of aromatic nitrogens is 3. The van der Waals surface area contributed by atoms with Crippen molar-refractivity contribution in [3.63, 3.8) is 0 Å². The van der Waals surface area contributed by atoms with E-state index in [1.165, 1.54) is 5.56 Å². The Morgan fingerprint density at radius 1 is 1.05 bits per heavy atom. The first-order valence-electron chi connectivity index (χ1n) is 7.38. The van der Waals surface area contributed by atoms with Crippen LogP contribution in [0.3, 0.4) is 0 Å². The zero-order valence-electron chi connectivity index (χ0n) is 12.1. The van der Waals surface area contributed by atoms with Crippen molar-refractivity contribution in [1.82, 2.24) is 20.0 Å². The van der Waals surface area contributed by atoms with Crippen LogP contribution in [0.25, 0.3) is 11.4 Å². The van der Waals surface area contributed by atoms with E-state index in [-0.39, 0.29) is 0 Å². The molecule has 0 bridgehead atoms. The molecule has 0 unspecified atom stereocenters. The molecule has 0 aliphatic carbocycles. The Morgan fingerprint density at radius 3 is 2.68 bits per heavy atom. The fourth-order valence-electron chi connectivity index (χ4n) is 2.79. The van der Waals surface area contributed by atoms with E-state index in [4.69, 9.17) is 4.52 Å². The minimum absolute atomic E-state index is 0.598. The van der Waals surface area contributed by atoms with Crippen LogP contribution in [0, 0.1) is 0 Å². The Balaban J connectivity index is 1.37. The summed E-state index contributed by atoms with van der Waals surface area (Å²) in [6, 6.07) is 11.9. The van der Waals surface area contributed by atoms with Crippen molar-refractivity contribution in [2.75, 3.05) is 13.1 Å². The van der Waals surface area contributed by atoms with Crippen molar-refractivity contribution in [2.24, 2.45) is 0 Å². The van der Waals surface area contributed by atoms with Crippen molar-refractivity contribution >= 4 is 0 Å². The van der Waals surface area contributed by atoms with Gasteiger partial charge in [-0.1, -0.05) is 11.2 Å². The van der Waals surface area contributed by atoms with E-state index in [0.29, 0.717) is 5.92 Å². The highest BCUT2D eigenvalue weighted by atomic mass is 16.5. The van der Waals surface area contributed by atoms with Gasteiger partial charge >= 0.3 is 0 Å². The lowest BCUT2D eigenvalue weighted by Gasteiger charge is -2.38. The molecule has 1 aliphatic rings. The zero-order valence-corrected chi connectivity index (χ0v) is 12.1. The molecule has 5 heteroatoms. The smallest absolute Gasteiger partial charge is 0.151 e. The largest absolute Gasteiger partial charge is 0.359 e. The van der Waals surface area contributed by atoms with Gasteiger partial charge in [0.05, 0.1) is 12.2 Å². The van der Waals surface area contributed by atoms with Crippen molar-refractivity contribution in [3.05, 3.63) is 66.3 Å². The maximum absolute atomic E-state index is 5.42. The van der Waals surface area contributed by atoms with Gasteiger partial charge in [-0.2, -0.15) is 0 Å². The van der Waals surface area contributed by atoms with Crippen LogP contribution < -0.4 is 0 Å². The van der Waals surface area contributed by atoms with Gasteiger partial charge in [0, 0.05) is 43.7 Å². The second kappa shape index (κ2) is 5.69. The predicted octanol–water partition coefficient (Wildman–Crippen LogP) is 2.73. The average molecular weight is 292 g/mol. The Labute approximate surface area is 128 Å². The summed E-state index contributed by atoms with van der Waals surface area (Å²) in [7, 11) is 0. The van der Waals surface area contributed by atoms with Gasteiger partial charge in [0.25, 0.3) is 0 Å². The van der Waals surface area contributed by atoms with E-state index in [9.17, 15) is 0 Å². The number of rotatable bonds is 4. The second-order valence-electron chi connectivity index (χ2n) is 5.56. The molecule has 5 nitrogen and oxygen atoms in total. The van der Waals surface area contributed by atoms with E-state index >= 15 is 0 Å². The first kappa shape index (κ1) is 13.2. The van der Waals surface area contributed by atoms with Crippen LogP contribution in [0.15, 0.2) is 59.5 Å². The summed E-state index contributed by atoms with van der Waals surface area (Å²) in [5.41, 5.74) is 3.00. The molecule has 0 N–H and O–H groups in total. The predicted molar refractivity (Wildman–Crippen MR) is 82.0 cm³/mol. The molecule has 0 amide bonds. The minimum atomic E-state index is 0.598. The molecule has 110 valence electrons. The van der Waals surface area contributed by atoms with Crippen LogP contribution >= 0.6 is 0 Å². The lowest BCUT2D eigenvalue weighted by Crippen LogP contribution is -2.44. The maximum Gasteiger partial charge on any atom is 0.151 e. The van der Waals surface area contributed by atoms with Crippen LogP contribution in [0.1, 0.15) is 17.2 Å². The molecule has 0 radical (unpaired) electrons. The molecule has 1 fully saturated rings. The van der Waals surface area contributed by atoms with Gasteiger partial charge in [0.15, 0.2) is 5.76 Å². The summed E-state index contributed by atoms with van der Waals surface area (Å²) in [5.74, 6) is 1.48. The van der Waals surface area contributed by atoms with Gasteiger partial charge in [0.1, 0.15) is 5.69 Å². The van der Waals surface area contributed by atoms with Crippen molar-refractivity contribution in [3.8, 4) is 11.4 Å². The molecule has 4 heterocycles. The lowest BCUT2D eigenvalue weighted by molar-refractivity contribution is 0.125. The summed E-state index contributed by atoms with van der Waals surface area (Å²) in [6.45, 7) is 2.88. The van der Waals surface area contributed by atoms with Crippen LogP contribution in [0.4, 0.5) is 0 Å². The molecule has 1 aliphatic heterocycles. The Bertz CT molecular complexity index is 736. The van der Waals surface area contributed by atoms with Crippen LogP contribution in [0.2, 0.25) is 0 Å². The monoisotopic (exact) mass is 292 g/mol. The average Bonchev–Trinajstić information content (AvgIpc) is 3.01. The highest BCUT2D eigenvalue weighted by molar-refractivity contribution is 5.52. The molecule has 0 saturated carbocycles. The highest BCUT2D eigenvalue weighted by Gasteiger charge is 2.28. The van der Waals surface area contributed by atoms with Crippen molar-refractivity contribution in [2.45, 2.75) is 12.5 Å². The zero-order chi connectivity index (χ0) is 14.8. The number of hydrogen-bond acceptors (Lipinski definition) is 5. The third-order valence-electron chi connectivity index (χ3n) is 4.00. The molecule has 4 rings (SSSR count). The fourth-order valence-corrected chi connectivity index (χ4v) is 2.79. The van der Waals surface area contributed by atoms with E-state index in [2.05, 4.69) is 32.2 Å². The number of nitrogens with zero attached hydrogens (tertiary/aromatic N) is 4. The third-order valence-corrected chi connectivity index (χ3v) is 4.00. The molecular weight excluding hydrogens is 276 g/mol. The normalized spacial score (nSPS) is 15.6. The van der Waals surface area contributed by atoms with Crippen molar-refractivity contribution in [1.29, 1.82) is 0 Å². The summed E-state index contributed by atoms with van der Waals surface area (Å²) in [6.07, 6.45) is 5.47. The summed E-state index contributed by atoms with van der Waals surface area (Å²) in [5, 5.41) is 4.10. The minimum Gasteiger partial charge on any atom is -0.359 e. The van der Waals surface area contributed by atoms with Crippen LogP contribution in [0.5, 0.6) is 0 Å². The molecule has 22 heavy (non-hydrogen) atoms. The topological polar surface area (TPSA) is 55.1 Å². The number of hydrogen-bond donors (Lipinski definition) is 0. The van der Waals surface area contributed by atoms with Gasteiger partial charge in [-0.25, -0.2) is 0 Å². The SMILES string of the molecule is c1ccc(-c2cc(CN3CC(c4ccncc4)C3)on2)nc1. The Hall–Kier alpha value is -2.53. The van der Waals surface area contributed by atoms with Crippen molar-refractivity contribution < 1.29 is 4.52 Å². The third kappa shape index (κ3) is 2.63. The highest BCUT2D eigenvalue weighted by Crippen LogP contribution is 2.28. The van der Waals surface area contributed by atoms with Gasteiger partial charge < -0.3 is 4.52 Å². The van der Waals surface area contributed by atoms with Crippen LogP contribution in [-0.4, -0.2) is 33.1 Å². The van der Waals surface area contributed by atoms with E-state index in [1.807, 2.05) is 36.7 Å². The Kier molecular flexibility index (Phi) is 3.40. The summed E-state index contributed by atoms with van der Waals surface area (Å²) in [4.78, 5) is 10.7. The summed E-state index contributed by atoms with van der Waals surface area (Å²) < 4.78 is 5.42. The lowest BCUT2D eigenvalue weighted by atomic mass is 9.92. The number of likely N-dealkylation sites (tertiary alicyclic amines) is 1. The molecule has 1 saturated heterocycles. The second-order valence-corrected chi connectivity index (χ2v) is 5.56. The maximum atomic E-state index is 5.42. The van der Waals surface area contributed by atoms with E-state index < -0.39 is 0 Å². The fraction of sp³-hybridized carbons (Fsp3) is 0.235. The standard InChI is InChI=1S/C17H16N4O/c1-2-6-19-16(3-1)17-9-15(22-20-17)12-21-10-14(11-21)13-4-7-18-8-5-13/h1-9,14H,10-12H2. The number of pyridine rings is 2. The Morgan fingerprint density at radius 2 is 1.91 bits per heavy atom. The van der Waals surface area contributed by atoms with Gasteiger partial charge in [0.2, 0.25) is 0 Å².